The van der Waals surface area contributed by atoms with E-state index in [1.807, 2.05) is 32.0 Å². The molecule has 0 aliphatic rings. The van der Waals surface area contributed by atoms with Crippen LogP contribution in [0.5, 0.6) is 0 Å². The van der Waals surface area contributed by atoms with Gasteiger partial charge in [0.25, 0.3) is 0 Å². The first-order valence-electron chi connectivity index (χ1n) is 7.25. The predicted molar refractivity (Wildman–Crippen MR) is 84.8 cm³/mol. The molecule has 1 aromatic heterocycles. The predicted octanol–water partition coefficient (Wildman–Crippen LogP) is 3.49. The molecule has 0 bridgehead atoms. The summed E-state index contributed by atoms with van der Waals surface area (Å²) in [6.07, 6.45) is 0.461. The van der Waals surface area contributed by atoms with Crippen molar-refractivity contribution in [3.05, 3.63) is 76.4 Å². The van der Waals surface area contributed by atoms with Crippen molar-refractivity contribution < 1.29 is 4.39 Å². The van der Waals surface area contributed by atoms with Gasteiger partial charge in [0.1, 0.15) is 11.9 Å². The molecule has 1 heterocycles. The summed E-state index contributed by atoms with van der Waals surface area (Å²) in [6, 6.07) is 14.3. The van der Waals surface area contributed by atoms with Gasteiger partial charge >= 0.3 is 0 Å². The van der Waals surface area contributed by atoms with E-state index in [0.29, 0.717) is 12.1 Å². The van der Waals surface area contributed by atoms with Crippen LogP contribution in [0.3, 0.4) is 0 Å². The summed E-state index contributed by atoms with van der Waals surface area (Å²) < 4.78 is 14.7. The zero-order valence-corrected chi connectivity index (χ0v) is 12.9. The minimum atomic E-state index is -0.282. The summed E-state index contributed by atoms with van der Waals surface area (Å²) in [5.41, 5.74) is 5.07. The van der Waals surface area contributed by atoms with Gasteiger partial charge in [0.15, 0.2) is 5.69 Å². The first-order chi connectivity index (χ1) is 11.1. The van der Waals surface area contributed by atoms with Gasteiger partial charge in [-0.25, -0.2) is 9.07 Å². The van der Waals surface area contributed by atoms with E-state index in [1.54, 1.807) is 16.8 Å². The number of hydrogen-bond donors (Lipinski definition) is 0. The van der Waals surface area contributed by atoms with Crippen LogP contribution < -0.4 is 0 Å². The molecule has 0 fully saturated rings. The first-order valence-corrected chi connectivity index (χ1v) is 7.25. The SMILES string of the molecule is Cc1ccc(-n2nnc(C#N)c2Cc2ccc(F)cc2)cc1C. The van der Waals surface area contributed by atoms with E-state index >= 15 is 0 Å². The van der Waals surface area contributed by atoms with Crippen molar-refractivity contribution >= 4 is 0 Å². The fourth-order valence-corrected chi connectivity index (χ4v) is 2.41. The second-order valence-electron chi connectivity index (χ2n) is 5.48. The minimum absolute atomic E-state index is 0.282. The molecule has 2 aromatic carbocycles. The molecule has 3 rings (SSSR count). The molecule has 114 valence electrons. The van der Waals surface area contributed by atoms with Gasteiger partial charge in [0, 0.05) is 6.42 Å². The van der Waals surface area contributed by atoms with E-state index in [1.165, 1.54) is 17.7 Å². The molecule has 0 N–H and O–H groups in total. The van der Waals surface area contributed by atoms with Crippen LogP contribution >= 0.6 is 0 Å². The standard InChI is InChI=1S/C18H15FN4/c1-12-3-8-16(9-13(12)2)23-18(17(11-20)21-22-23)10-14-4-6-15(19)7-5-14/h3-9H,10H2,1-2H3. The third-order valence-electron chi connectivity index (χ3n) is 3.89. The number of hydrogen-bond acceptors (Lipinski definition) is 3. The molecule has 0 amide bonds. The summed E-state index contributed by atoms with van der Waals surface area (Å²) in [5, 5.41) is 17.3. The highest BCUT2D eigenvalue weighted by molar-refractivity contribution is 5.42. The Kier molecular flexibility index (Phi) is 3.90. The Morgan fingerprint density at radius 2 is 1.83 bits per heavy atom. The number of rotatable bonds is 3. The summed E-state index contributed by atoms with van der Waals surface area (Å²) in [4.78, 5) is 0. The van der Waals surface area contributed by atoms with Gasteiger partial charge in [-0.15, -0.1) is 5.10 Å². The highest BCUT2D eigenvalue weighted by Crippen LogP contribution is 2.19. The molecule has 0 unspecified atom stereocenters. The average molecular weight is 306 g/mol. The van der Waals surface area contributed by atoms with Crippen molar-refractivity contribution in [3.63, 3.8) is 0 Å². The average Bonchev–Trinajstić information content (AvgIpc) is 2.95. The van der Waals surface area contributed by atoms with E-state index in [4.69, 9.17) is 0 Å². The van der Waals surface area contributed by atoms with Crippen LogP contribution in [-0.4, -0.2) is 15.0 Å². The van der Waals surface area contributed by atoms with Crippen LogP contribution in [0.25, 0.3) is 5.69 Å². The van der Waals surface area contributed by atoms with Crippen molar-refractivity contribution in [2.75, 3.05) is 0 Å². The van der Waals surface area contributed by atoms with Crippen LogP contribution in [0.4, 0.5) is 4.39 Å². The van der Waals surface area contributed by atoms with Crippen LogP contribution in [0.1, 0.15) is 28.1 Å². The maximum atomic E-state index is 13.1. The lowest BCUT2D eigenvalue weighted by atomic mass is 10.1. The van der Waals surface area contributed by atoms with E-state index in [2.05, 4.69) is 16.4 Å². The van der Waals surface area contributed by atoms with Gasteiger partial charge in [-0.2, -0.15) is 5.26 Å². The third-order valence-corrected chi connectivity index (χ3v) is 3.89. The van der Waals surface area contributed by atoms with Crippen molar-refractivity contribution in [2.45, 2.75) is 20.3 Å². The van der Waals surface area contributed by atoms with Crippen molar-refractivity contribution in [2.24, 2.45) is 0 Å². The number of halogens is 1. The quantitative estimate of drug-likeness (QED) is 0.744. The lowest BCUT2D eigenvalue weighted by Crippen LogP contribution is -2.05. The smallest absolute Gasteiger partial charge is 0.186 e. The fraction of sp³-hybridized carbons (Fsp3) is 0.167. The topological polar surface area (TPSA) is 54.5 Å². The lowest BCUT2D eigenvalue weighted by Gasteiger charge is -2.09. The number of nitrogens with zero attached hydrogens (tertiary/aromatic N) is 4. The molecule has 0 atom stereocenters. The number of benzene rings is 2. The zero-order valence-electron chi connectivity index (χ0n) is 12.9. The maximum Gasteiger partial charge on any atom is 0.186 e. The van der Waals surface area contributed by atoms with Crippen LogP contribution in [-0.2, 0) is 6.42 Å². The van der Waals surface area contributed by atoms with Crippen LogP contribution in [0.2, 0.25) is 0 Å². The Morgan fingerprint density at radius 1 is 1.09 bits per heavy atom. The Balaban J connectivity index is 2.05. The highest BCUT2D eigenvalue weighted by atomic mass is 19.1. The Labute approximate surface area is 133 Å². The number of nitriles is 1. The van der Waals surface area contributed by atoms with E-state index < -0.39 is 0 Å². The molecule has 0 aliphatic heterocycles. The van der Waals surface area contributed by atoms with Gasteiger partial charge < -0.3 is 0 Å². The monoisotopic (exact) mass is 306 g/mol. The molecule has 0 spiro atoms. The molecule has 3 aromatic rings. The molecule has 5 heteroatoms. The second-order valence-corrected chi connectivity index (χ2v) is 5.48. The highest BCUT2D eigenvalue weighted by Gasteiger charge is 2.15. The van der Waals surface area contributed by atoms with E-state index in [-0.39, 0.29) is 11.5 Å². The molecule has 4 nitrogen and oxygen atoms in total. The normalized spacial score (nSPS) is 10.5. The van der Waals surface area contributed by atoms with Gasteiger partial charge in [-0.3, -0.25) is 0 Å². The van der Waals surface area contributed by atoms with Crippen LogP contribution in [0.15, 0.2) is 42.5 Å². The fourth-order valence-electron chi connectivity index (χ4n) is 2.41. The van der Waals surface area contributed by atoms with E-state index in [9.17, 15) is 9.65 Å². The molecule has 0 radical (unpaired) electrons. The van der Waals surface area contributed by atoms with Crippen molar-refractivity contribution in [1.82, 2.24) is 15.0 Å². The lowest BCUT2D eigenvalue weighted by molar-refractivity contribution is 0.627. The maximum absolute atomic E-state index is 13.1. The van der Waals surface area contributed by atoms with Gasteiger partial charge in [0.05, 0.1) is 11.4 Å². The zero-order chi connectivity index (χ0) is 16.4. The molecule has 0 saturated carbocycles. The number of aryl methyl sites for hydroxylation is 2. The van der Waals surface area contributed by atoms with E-state index in [0.717, 1.165) is 16.8 Å². The summed E-state index contributed by atoms with van der Waals surface area (Å²) >= 11 is 0. The first kappa shape index (κ1) is 14.9. The van der Waals surface area contributed by atoms with Gasteiger partial charge in [-0.1, -0.05) is 23.4 Å². The van der Waals surface area contributed by atoms with Crippen molar-refractivity contribution in [3.8, 4) is 11.8 Å². The van der Waals surface area contributed by atoms with Gasteiger partial charge in [-0.05, 0) is 54.8 Å². The Hall–Kier alpha value is -3.00. The summed E-state index contributed by atoms with van der Waals surface area (Å²) in [6.45, 7) is 4.07. The van der Waals surface area contributed by atoms with Crippen LogP contribution in [0, 0.1) is 31.0 Å². The molecule has 23 heavy (non-hydrogen) atoms. The molecule has 0 aliphatic carbocycles. The molecular formula is C18H15FN4. The van der Waals surface area contributed by atoms with Crippen molar-refractivity contribution in [1.29, 1.82) is 5.26 Å². The Morgan fingerprint density at radius 3 is 2.48 bits per heavy atom. The molecular weight excluding hydrogens is 291 g/mol. The minimum Gasteiger partial charge on any atom is -0.216 e. The number of aromatic nitrogens is 3. The molecule has 0 saturated heterocycles. The summed E-state index contributed by atoms with van der Waals surface area (Å²) in [5.74, 6) is -0.282. The summed E-state index contributed by atoms with van der Waals surface area (Å²) in [7, 11) is 0. The third kappa shape index (κ3) is 2.97. The second kappa shape index (κ2) is 6.01. The Bertz CT molecular complexity index is 888. The van der Waals surface area contributed by atoms with Gasteiger partial charge in [0.2, 0.25) is 0 Å². The largest absolute Gasteiger partial charge is 0.216 e.